The summed E-state index contributed by atoms with van der Waals surface area (Å²) in [6.07, 6.45) is 1.36. The van der Waals surface area contributed by atoms with Gasteiger partial charge in [0.15, 0.2) is 0 Å². The normalized spacial score (nSPS) is 26.2. The van der Waals surface area contributed by atoms with E-state index in [0.29, 0.717) is 6.04 Å². The molecule has 2 N–H and O–H groups in total. The SMILES string of the molecule is CC(C)C1CCN(CC(N)C(C)(C)C)C1. The third kappa shape index (κ3) is 3.76. The Bertz CT molecular complexity index is 193. The monoisotopic (exact) mass is 212 g/mol. The Labute approximate surface area is 95.2 Å². The van der Waals surface area contributed by atoms with Crippen molar-refractivity contribution in [1.29, 1.82) is 0 Å². The fourth-order valence-electron chi connectivity index (χ4n) is 2.12. The van der Waals surface area contributed by atoms with Crippen molar-refractivity contribution in [3.8, 4) is 0 Å². The van der Waals surface area contributed by atoms with Crippen molar-refractivity contribution in [3.05, 3.63) is 0 Å². The third-order valence-electron chi connectivity index (χ3n) is 3.82. The highest BCUT2D eigenvalue weighted by Gasteiger charge is 2.29. The molecule has 1 aliphatic heterocycles. The topological polar surface area (TPSA) is 29.3 Å². The molecule has 1 rings (SSSR count). The number of nitrogens with two attached hydrogens (primary N) is 1. The van der Waals surface area contributed by atoms with Crippen LogP contribution in [-0.4, -0.2) is 30.6 Å². The minimum Gasteiger partial charge on any atom is -0.326 e. The predicted octanol–water partition coefficient (Wildman–Crippen LogP) is 2.34. The van der Waals surface area contributed by atoms with Crippen LogP contribution in [0.1, 0.15) is 41.0 Å². The first-order valence-corrected chi connectivity index (χ1v) is 6.28. The molecule has 0 amide bonds. The Morgan fingerprint density at radius 1 is 1.33 bits per heavy atom. The first kappa shape index (κ1) is 13.0. The van der Waals surface area contributed by atoms with Crippen molar-refractivity contribution in [2.45, 2.75) is 47.1 Å². The summed E-state index contributed by atoms with van der Waals surface area (Å²) in [5.41, 5.74) is 6.44. The fraction of sp³-hybridized carbons (Fsp3) is 1.00. The van der Waals surface area contributed by atoms with Crippen LogP contribution in [0.3, 0.4) is 0 Å². The molecule has 2 nitrogen and oxygen atoms in total. The Morgan fingerprint density at radius 3 is 2.33 bits per heavy atom. The van der Waals surface area contributed by atoms with Gasteiger partial charge < -0.3 is 10.6 Å². The highest BCUT2D eigenvalue weighted by Crippen LogP contribution is 2.25. The molecular formula is C13H28N2. The minimum absolute atomic E-state index is 0.232. The minimum atomic E-state index is 0.232. The van der Waals surface area contributed by atoms with E-state index in [1.807, 2.05) is 0 Å². The zero-order valence-electron chi connectivity index (χ0n) is 11.1. The molecule has 2 heteroatoms. The van der Waals surface area contributed by atoms with Crippen LogP contribution in [0, 0.1) is 17.3 Å². The Kier molecular flexibility index (Phi) is 4.19. The van der Waals surface area contributed by atoms with Crippen LogP contribution in [-0.2, 0) is 0 Å². The van der Waals surface area contributed by atoms with E-state index in [1.54, 1.807) is 0 Å². The average Bonchev–Trinajstić information content (AvgIpc) is 2.50. The van der Waals surface area contributed by atoms with Gasteiger partial charge in [0.2, 0.25) is 0 Å². The second-order valence-electron chi connectivity index (χ2n) is 6.52. The molecule has 1 fully saturated rings. The smallest absolute Gasteiger partial charge is 0.0217 e. The third-order valence-corrected chi connectivity index (χ3v) is 3.82. The van der Waals surface area contributed by atoms with E-state index >= 15 is 0 Å². The maximum Gasteiger partial charge on any atom is 0.0217 e. The van der Waals surface area contributed by atoms with E-state index < -0.39 is 0 Å². The van der Waals surface area contributed by atoms with Crippen LogP contribution in [0.4, 0.5) is 0 Å². The van der Waals surface area contributed by atoms with Crippen molar-refractivity contribution in [1.82, 2.24) is 4.90 Å². The first-order chi connectivity index (χ1) is 6.80. The lowest BCUT2D eigenvalue weighted by Gasteiger charge is -2.31. The summed E-state index contributed by atoms with van der Waals surface area (Å²) < 4.78 is 0. The molecule has 0 saturated carbocycles. The van der Waals surface area contributed by atoms with Gasteiger partial charge in [0.05, 0.1) is 0 Å². The highest BCUT2D eigenvalue weighted by molar-refractivity contribution is 4.84. The van der Waals surface area contributed by atoms with Gasteiger partial charge in [-0.25, -0.2) is 0 Å². The second kappa shape index (κ2) is 4.84. The largest absolute Gasteiger partial charge is 0.326 e. The van der Waals surface area contributed by atoms with Crippen LogP contribution in [0.5, 0.6) is 0 Å². The molecule has 2 atom stereocenters. The summed E-state index contributed by atoms with van der Waals surface area (Å²) >= 11 is 0. The lowest BCUT2D eigenvalue weighted by Crippen LogP contribution is -2.44. The summed E-state index contributed by atoms with van der Waals surface area (Å²) in [5, 5.41) is 0. The van der Waals surface area contributed by atoms with Crippen LogP contribution < -0.4 is 5.73 Å². The summed E-state index contributed by atoms with van der Waals surface area (Å²) in [4.78, 5) is 2.54. The van der Waals surface area contributed by atoms with Gasteiger partial charge >= 0.3 is 0 Å². The van der Waals surface area contributed by atoms with Gasteiger partial charge in [0, 0.05) is 19.1 Å². The van der Waals surface area contributed by atoms with Crippen molar-refractivity contribution in [3.63, 3.8) is 0 Å². The molecule has 1 saturated heterocycles. The maximum absolute atomic E-state index is 6.21. The molecule has 0 radical (unpaired) electrons. The van der Waals surface area contributed by atoms with Crippen LogP contribution in [0.15, 0.2) is 0 Å². The lowest BCUT2D eigenvalue weighted by atomic mass is 9.87. The predicted molar refractivity (Wildman–Crippen MR) is 66.8 cm³/mol. The van der Waals surface area contributed by atoms with Gasteiger partial charge in [-0.2, -0.15) is 0 Å². The molecule has 0 aromatic rings. The van der Waals surface area contributed by atoms with Crippen molar-refractivity contribution >= 4 is 0 Å². The summed E-state index contributed by atoms with van der Waals surface area (Å²) in [5.74, 6) is 1.71. The standard InChI is InChI=1S/C13H28N2/c1-10(2)11-6-7-15(8-11)9-12(14)13(3,4)5/h10-12H,6-9,14H2,1-5H3. The number of hydrogen-bond acceptors (Lipinski definition) is 2. The van der Waals surface area contributed by atoms with E-state index in [4.69, 9.17) is 5.73 Å². The zero-order valence-corrected chi connectivity index (χ0v) is 11.1. The quantitative estimate of drug-likeness (QED) is 0.778. The average molecular weight is 212 g/mol. The van der Waals surface area contributed by atoms with E-state index in [-0.39, 0.29) is 5.41 Å². The summed E-state index contributed by atoms with van der Waals surface area (Å²) in [6.45, 7) is 14.9. The van der Waals surface area contributed by atoms with Gasteiger partial charge in [-0.05, 0) is 30.2 Å². The number of rotatable bonds is 3. The molecule has 15 heavy (non-hydrogen) atoms. The number of likely N-dealkylation sites (tertiary alicyclic amines) is 1. The van der Waals surface area contributed by atoms with Crippen LogP contribution >= 0.6 is 0 Å². The Morgan fingerprint density at radius 2 is 1.93 bits per heavy atom. The van der Waals surface area contributed by atoms with E-state index in [1.165, 1.54) is 19.5 Å². The Hall–Kier alpha value is -0.0800. The summed E-state index contributed by atoms with van der Waals surface area (Å²) in [6, 6.07) is 0.295. The first-order valence-electron chi connectivity index (χ1n) is 6.28. The maximum atomic E-state index is 6.21. The van der Waals surface area contributed by atoms with Crippen LogP contribution in [0.25, 0.3) is 0 Å². The molecule has 0 aliphatic carbocycles. The lowest BCUT2D eigenvalue weighted by molar-refractivity contribution is 0.217. The molecule has 1 aliphatic rings. The van der Waals surface area contributed by atoms with Crippen molar-refractivity contribution in [2.75, 3.05) is 19.6 Å². The van der Waals surface area contributed by atoms with Gasteiger partial charge in [-0.1, -0.05) is 34.6 Å². The van der Waals surface area contributed by atoms with Gasteiger partial charge in [0.25, 0.3) is 0 Å². The van der Waals surface area contributed by atoms with Gasteiger partial charge in [-0.15, -0.1) is 0 Å². The van der Waals surface area contributed by atoms with Crippen molar-refractivity contribution < 1.29 is 0 Å². The zero-order chi connectivity index (χ0) is 11.6. The van der Waals surface area contributed by atoms with Gasteiger partial charge in [-0.3, -0.25) is 0 Å². The molecule has 0 aromatic heterocycles. The van der Waals surface area contributed by atoms with Gasteiger partial charge in [0.1, 0.15) is 0 Å². The molecule has 0 aromatic carbocycles. The van der Waals surface area contributed by atoms with E-state index in [0.717, 1.165) is 18.4 Å². The number of nitrogens with zero attached hydrogens (tertiary/aromatic N) is 1. The fourth-order valence-corrected chi connectivity index (χ4v) is 2.12. The number of hydrogen-bond donors (Lipinski definition) is 1. The van der Waals surface area contributed by atoms with E-state index in [2.05, 4.69) is 39.5 Å². The molecule has 1 heterocycles. The molecule has 90 valence electrons. The second-order valence-corrected chi connectivity index (χ2v) is 6.52. The van der Waals surface area contributed by atoms with Crippen molar-refractivity contribution in [2.24, 2.45) is 23.0 Å². The summed E-state index contributed by atoms with van der Waals surface area (Å²) in [7, 11) is 0. The molecule has 2 unspecified atom stereocenters. The van der Waals surface area contributed by atoms with E-state index in [9.17, 15) is 0 Å². The van der Waals surface area contributed by atoms with Crippen LogP contribution in [0.2, 0.25) is 0 Å². The molecule has 0 bridgehead atoms. The Balaban J connectivity index is 2.36. The molecular weight excluding hydrogens is 184 g/mol. The molecule has 0 spiro atoms. The highest BCUT2D eigenvalue weighted by atomic mass is 15.2.